The second-order valence-corrected chi connectivity index (χ2v) is 6.21. The number of aryl methyl sites for hydroxylation is 1. The summed E-state index contributed by atoms with van der Waals surface area (Å²) in [6.45, 7) is 3.15. The molecule has 1 atom stereocenters. The minimum absolute atomic E-state index is 0.0938. The van der Waals surface area contributed by atoms with Gasteiger partial charge < -0.3 is 10.2 Å². The van der Waals surface area contributed by atoms with Gasteiger partial charge in [0.1, 0.15) is 11.7 Å². The molecule has 1 aromatic heterocycles. The van der Waals surface area contributed by atoms with Crippen LogP contribution in [0.2, 0.25) is 0 Å². The molecule has 0 radical (unpaired) electrons. The summed E-state index contributed by atoms with van der Waals surface area (Å²) in [4.78, 5) is 31.7. The Morgan fingerprint density at radius 1 is 1.24 bits per heavy atom. The molecule has 1 aliphatic rings. The summed E-state index contributed by atoms with van der Waals surface area (Å²) in [6, 6.07) is 13.1. The topological polar surface area (TPSA) is 62.3 Å². The molecular weight excluding hydrogens is 314 g/mol. The fourth-order valence-corrected chi connectivity index (χ4v) is 3.21. The first-order chi connectivity index (χ1) is 12.2. The lowest BCUT2D eigenvalue weighted by Gasteiger charge is -2.29. The number of pyridine rings is 1. The molecule has 0 saturated carbocycles. The van der Waals surface area contributed by atoms with Gasteiger partial charge in [-0.1, -0.05) is 43.3 Å². The predicted molar refractivity (Wildman–Crippen MR) is 96.2 cm³/mol. The predicted octanol–water partition coefficient (Wildman–Crippen LogP) is 2.22. The molecule has 130 valence electrons. The smallest absolute Gasteiger partial charge is 0.273 e. The summed E-state index contributed by atoms with van der Waals surface area (Å²) < 4.78 is 0. The second kappa shape index (κ2) is 7.92. The number of amides is 2. The van der Waals surface area contributed by atoms with E-state index in [0.29, 0.717) is 25.2 Å². The highest BCUT2D eigenvalue weighted by Crippen LogP contribution is 2.17. The first-order valence-corrected chi connectivity index (χ1v) is 8.77. The number of benzene rings is 1. The van der Waals surface area contributed by atoms with E-state index >= 15 is 0 Å². The number of aromatic nitrogens is 1. The molecule has 1 aliphatic heterocycles. The first kappa shape index (κ1) is 17.1. The highest BCUT2D eigenvalue weighted by atomic mass is 16.2. The fourth-order valence-electron chi connectivity index (χ4n) is 3.21. The monoisotopic (exact) mass is 337 g/mol. The van der Waals surface area contributed by atoms with Crippen molar-refractivity contribution in [2.75, 3.05) is 13.1 Å². The Morgan fingerprint density at radius 3 is 2.80 bits per heavy atom. The van der Waals surface area contributed by atoms with Crippen molar-refractivity contribution < 1.29 is 9.59 Å². The molecular formula is C20H23N3O2. The first-order valence-electron chi connectivity index (χ1n) is 8.77. The van der Waals surface area contributed by atoms with Gasteiger partial charge in [0.2, 0.25) is 5.91 Å². The Morgan fingerprint density at radius 2 is 2.04 bits per heavy atom. The van der Waals surface area contributed by atoms with Crippen LogP contribution in [-0.2, 0) is 17.6 Å². The van der Waals surface area contributed by atoms with E-state index < -0.39 is 6.04 Å². The van der Waals surface area contributed by atoms with Gasteiger partial charge in [0.25, 0.3) is 5.91 Å². The van der Waals surface area contributed by atoms with Gasteiger partial charge in [0.05, 0.1) is 0 Å². The molecule has 0 spiro atoms. The van der Waals surface area contributed by atoms with E-state index in [1.807, 2.05) is 49.4 Å². The average Bonchev–Trinajstić information content (AvgIpc) is 2.84. The maximum atomic E-state index is 13.2. The van der Waals surface area contributed by atoms with E-state index in [1.165, 1.54) is 0 Å². The van der Waals surface area contributed by atoms with Crippen LogP contribution in [0.4, 0.5) is 0 Å². The lowest BCUT2D eigenvalue weighted by molar-refractivity contribution is -0.124. The third-order valence-electron chi connectivity index (χ3n) is 4.56. The lowest BCUT2D eigenvalue weighted by Crippen LogP contribution is -2.48. The fraction of sp³-hybridized carbons (Fsp3) is 0.350. The van der Waals surface area contributed by atoms with Crippen molar-refractivity contribution in [1.82, 2.24) is 15.2 Å². The van der Waals surface area contributed by atoms with Crippen LogP contribution in [0.1, 0.15) is 35.0 Å². The van der Waals surface area contributed by atoms with Crippen LogP contribution in [0, 0.1) is 0 Å². The standard InChI is InChI=1S/C20H23N3O2/c1-2-16-10-6-11-21-18(16)20(25)23-13-7-12-22-19(24)17(23)14-15-8-4-3-5-9-15/h3-6,8-11,17H,2,7,12-14H2,1H3,(H,22,24). The van der Waals surface area contributed by atoms with Crippen molar-refractivity contribution in [3.8, 4) is 0 Å². The highest BCUT2D eigenvalue weighted by molar-refractivity contribution is 5.97. The van der Waals surface area contributed by atoms with Crippen LogP contribution in [0.5, 0.6) is 0 Å². The summed E-state index contributed by atoms with van der Waals surface area (Å²) in [5.74, 6) is -0.251. The van der Waals surface area contributed by atoms with Crippen molar-refractivity contribution in [2.24, 2.45) is 0 Å². The molecule has 1 fully saturated rings. The minimum Gasteiger partial charge on any atom is -0.354 e. The molecule has 1 N–H and O–H groups in total. The SMILES string of the molecule is CCc1cccnc1C(=O)N1CCCNC(=O)C1Cc1ccccc1. The van der Waals surface area contributed by atoms with E-state index in [-0.39, 0.29) is 11.8 Å². The second-order valence-electron chi connectivity index (χ2n) is 6.21. The summed E-state index contributed by atoms with van der Waals surface area (Å²) in [5, 5.41) is 2.93. The Hall–Kier alpha value is -2.69. The van der Waals surface area contributed by atoms with Crippen LogP contribution in [-0.4, -0.2) is 40.8 Å². The molecule has 25 heavy (non-hydrogen) atoms. The third-order valence-corrected chi connectivity index (χ3v) is 4.56. The number of hydrogen-bond donors (Lipinski definition) is 1. The van der Waals surface area contributed by atoms with Crippen LogP contribution in [0.25, 0.3) is 0 Å². The van der Waals surface area contributed by atoms with Gasteiger partial charge in [-0.15, -0.1) is 0 Å². The van der Waals surface area contributed by atoms with Crippen LogP contribution in [0.3, 0.4) is 0 Å². The molecule has 0 aliphatic carbocycles. The number of nitrogens with one attached hydrogen (secondary N) is 1. The van der Waals surface area contributed by atoms with E-state index in [4.69, 9.17) is 0 Å². The molecule has 2 heterocycles. The van der Waals surface area contributed by atoms with Crippen LogP contribution >= 0.6 is 0 Å². The minimum atomic E-state index is -0.510. The van der Waals surface area contributed by atoms with Gasteiger partial charge in [-0.25, -0.2) is 0 Å². The number of carbonyl (C=O) groups excluding carboxylic acids is 2. The molecule has 1 aromatic carbocycles. The largest absolute Gasteiger partial charge is 0.354 e. The molecule has 2 amide bonds. The quantitative estimate of drug-likeness (QED) is 0.930. The Balaban J connectivity index is 1.92. The summed E-state index contributed by atoms with van der Waals surface area (Å²) in [7, 11) is 0. The van der Waals surface area contributed by atoms with Gasteiger partial charge in [-0.3, -0.25) is 14.6 Å². The number of carbonyl (C=O) groups is 2. The van der Waals surface area contributed by atoms with Crippen LogP contribution in [0.15, 0.2) is 48.7 Å². The number of hydrogen-bond acceptors (Lipinski definition) is 3. The van der Waals surface area contributed by atoms with Crippen molar-refractivity contribution in [3.63, 3.8) is 0 Å². The van der Waals surface area contributed by atoms with Crippen molar-refractivity contribution in [2.45, 2.75) is 32.2 Å². The molecule has 1 saturated heterocycles. The van der Waals surface area contributed by atoms with E-state index in [1.54, 1.807) is 11.1 Å². The Kier molecular flexibility index (Phi) is 5.43. The third kappa shape index (κ3) is 3.87. The molecule has 1 unspecified atom stereocenters. The zero-order valence-electron chi connectivity index (χ0n) is 14.4. The van der Waals surface area contributed by atoms with E-state index in [2.05, 4.69) is 10.3 Å². The lowest BCUT2D eigenvalue weighted by atomic mass is 10.0. The maximum absolute atomic E-state index is 13.2. The van der Waals surface area contributed by atoms with Crippen molar-refractivity contribution >= 4 is 11.8 Å². The molecule has 5 nitrogen and oxygen atoms in total. The van der Waals surface area contributed by atoms with Gasteiger partial charge in [-0.05, 0) is 30.0 Å². The van der Waals surface area contributed by atoms with E-state index in [9.17, 15) is 9.59 Å². The van der Waals surface area contributed by atoms with Crippen molar-refractivity contribution in [1.29, 1.82) is 0 Å². The number of rotatable bonds is 4. The molecule has 3 rings (SSSR count). The Bertz CT molecular complexity index is 746. The van der Waals surface area contributed by atoms with Gasteiger partial charge in [0, 0.05) is 25.7 Å². The van der Waals surface area contributed by atoms with Crippen LogP contribution < -0.4 is 5.32 Å². The summed E-state index contributed by atoms with van der Waals surface area (Å²) in [5.41, 5.74) is 2.41. The number of nitrogens with zero attached hydrogens (tertiary/aromatic N) is 2. The van der Waals surface area contributed by atoms with E-state index in [0.717, 1.165) is 24.0 Å². The summed E-state index contributed by atoms with van der Waals surface area (Å²) in [6.07, 6.45) is 3.62. The van der Waals surface area contributed by atoms with Gasteiger partial charge >= 0.3 is 0 Å². The molecule has 0 bridgehead atoms. The van der Waals surface area contributed by atoms with Gasteiger partial charge in [-0.2, -0.15) is 0 Å². The highest BCUT2D eigenvalue weighted by Gasteiger charge is 2.33. The Labute approximate surface area is 148 Å². The maximum Gasteiger partial charge on any atom is 0.273 e. The van der Waals surface area contributed by atoms with Crippen molar-refractivity contribution in [3.05, 3.63) is 65.5 Å². The zero-order chi connectivity index (χ0) is 17.6. The normalized spacial score (nSPS) is 17.7. The summed E-state index contributed by atoms with van der Waals surface area (Å²) >= 11 is 0. The zero-order valence-corrected chi connectivity index (χ0v) is 14.4. The van der Waals surface area contributed by atoms with Gasteiger partial charge in [0.15, 0.2) is 0 Å². The molecule has 5 heteroatoms. The molecule has 2 aromatic rings. The average molecular weight is 337 g/mol.